The van der Waals surface area contributed by atoms with Crippen LogP contribution >= 0.6 is 11.8 Å². The van der Waals surface area contributed by atoms with Gasteiger partial charge in [-0.05, 0) is 26.0 Å². The van der Waals surface area contributed by atoms with E-state index in [9.17, 15) is 4.79 Å². The summed E-state index contributed by atoms with van der Waals surface area (Å²) in [6.07, 6.45) is 0. The highest BCUT2D eigenvalue weighted by molar-refractivity contribution is 8.00. The van der Waals surface area contributed by atoms with Crippen molar-refractivity contribution in [3.05, 3.63) is 35.7 Å². The van der Waals surface area contributed by atoms with E-state index in [1.54, 1.807) is 4.68 Å². The molecular formula is C17H21N3O2S. The molecule has 1 atom stereocenters. The van der Waals surface area contributed by atoms with Gasteiger partial charge in [-0.25, -0.2) is 0 Å². The van der Waals surface area contributed by atoms with Crippen LogP contribution in [0.15, 0.2) is 29.2 Å². The van der Waals surface area contributed by atoms with Gasteiger partial charge >= 0.3 is 0 Å². The minimum absolute atomic E-state index is 0.0211. The van der Waals surface area contributed by atoms with Crippen molar-refractivity contribution in [2.45, 2.75) is 30.9 Å². The van der Waals surface area contributed by atoms with E-state index in [-0.39, 0.29) is 12.5 Å². The van der Waals surface area contributed by atoms with Crippen molar-refractivity contribution in [2.24, 2.45) is 7.05 Å². The summed E-state index contributed by atoms with van der Waals surface area (Å²) < 4.78 is 7.54. The number of hydrogen-bond donors (Lipinski definition) is 0. The molecule has 2 heterocycles. The number of ether oxygens (including phenoxy) is 1. The van der Waals surface area contributed by atoms with Gasteiger partial charge in [0.05, 0.1) is 11.4 Å². The van der Waals surface area contributed by atoms with E-state index in [1.165, 1.54) is 0 Å². The first-order valence-electron chi connectivity index (χ1n) is 7.66. The lowest BCUT2D eigenvalue weighted by atomic mass is 10.2. The summed E-state index contributed by atoms with van der Waals surface area (Å²) in [5, 5.41) is 4.68. The van der Waals surface area contributed by atoms with Gasteiger partial charge < -0.3 is 9.64 Å². The first-order chi connectivity index (χ1) is 11.0. The van der Waals surface area contributed by atoms with Gasteiger partial charge in [-0.3, -0.25) is 9.48 Å². The van der Waals surface area contributed by atoms with E-state index in [1.807, 2.05) is 55.8 Å². The number of nitrogens with zero attached hydrogens (tertiary/aromatic N) is 3. The molecule has 1 amide bonds. The predicted octanol–water partition coefficient (Wildman–Crippen LogP) is 2.94. The molecule has 0 unspecified atom stereocenters. The fraction of sp³-hybridized carbons (Fsp3) is 0.412. The van der Waals surface area contributed by atoms with Crippen LogP contribution in [0.25, 0.3) is 0 Å². The molecule has 0 saturated carbocycles. The summed E-state index contributed by atoms with van der Waals surface area (Å²) in [6, 6.07) is 8.02. The standard InChI is InChI=1S/C17H21N3O2S/c1-11-9-20(14-7-5-6-8-15(14)23-11)16(21)10-22-17-12(2)18-19(4)13(17)3/h5-8,11H,9-10H2,1-4H3/t11-/m1/s1. The molecule has 3 rings (SSSR count). The molecule has 0 spiro atoms. The summed E-state index contributed by atoms with van der Waals surface area (Å²) in [7, 11) is 1.87. The van der Waals surface area contributed by atoms with E-state index >= 15 is 0 Å². The van der Waals surface area contributed by atoms with Crippen LogP contribution in [0, 0.1) is 13.8 Å². The normalized spacial score (nSPS) is 17.0. The Bertz CT molecular complexity index is 741. The Morgan fingerprint density at radius 1 is 1.39 bits per heavy atom. The minimum atomic E-state index is -0.0211. The van der Waals surface area contributed by atoms with Crippen LogP contribution in [0.5, 0.6) is 5.75 Å². The topological polar surface area (TPSA) is 47.4 Å². The molecule has 0 fully saturated rings. The molecule has 0 radical (unpaired) electrons. The Labute approximate surface area is 140 Å². The number of benzene rings is 1. The van der Waals surface area contributed by atoms with Gasteiger partial charge in [0, 0.05) is 23.7 Å². The second-order valence-corrected chi connectivity index (χ2v) is 7.29. The largest absolute Gasteiger partial charge is 0.480 e. The van der Waals surface area contributed by atoms with Gasteiger partial charge in [-0.15, -0.1) is 11.8 Å². The van der Waals surface area contributed by atoms with E-state index < -0.39 is 0 Å². The number of rotatable bonds is 3. The second kappa shape index (κ2) is 6.28. The lowest BCUT2D eigenvalue weighted by Gasteiger charge is -2.32. The summed E-state index contributed by atoms with van der Waals surface area (Å²) in [5.74, 6) is 0.681. The predicted molar refractivity (Wildman–Crippen MR) is 92.3 cm³/mol. The van der Waals surface area contributed by atoms with Gasteiger partial charge in [0.1, 0.15) is 5.69 Å². The maximum atomic E-state index is 12.7. The third-order valence-electron chi connectivity index (χ3n) is 4.01. The highest BCUT2D eigenvalue weighted by Gasteiger charge is 2.27. The van der Waals surface area contributed by atoms with Crippen LogP contribution in [0.3, 0.4) is 0 Å². The average molecular weight is 331 g/mol. The molecule has 2 aromatic rings. The molecule has 1 aromatic carbocycles. The quantitative estimate of drug-likeness (QED) is 0.867. The SMILES string of the molecule is Cc1nn(C)c(C)c1OCC(=O)N1C[C@@H](C)Sc2ccccc21. The molecule has 0 N–H and O–H groups in total. The van der Waals surface area contributed by atoms with Gasteiger partial charge in [-0.2, -0.15) is 5.10 Å². The molecule has 0 saturated heterocycles. The van der Waals surface area contributed by atoms with Crippen LogP contribution in [-0.4, -0.2) is 34.1 Å². The van der Waals surface area contributed by atoms with Crippen molar-refractivity contribution in [1.82, 2.24) is 9.78 Å². The Hall–Kier alpha value is -1.95. The van der Waals surface area contributed by atoms with Crippen LogP contribution in [-0.2, 0) is 11.8 Å². The zero-order chi connectivity index (χ0) is 16.6. The van der Waals surface area contributed by atoms with Crippen molar-refractivity contribution in [2.75, 3.05) is 18.1 Å². The highest BCUT2D eigenvalue weighted by atomic mass is 32.2. The first-order valence-corrected chi connectivity index (χ1v) is 8.54. The number of aromatic nitrogens is 2. The summed E-state index contributed by atoms with van der Waals surface area (Å²) >= 11 is 1.81. The Kier molecular flexibility index (Phi) is 4.35. The van der Waals surface area contributed by atoms with Crippen molar-refractivity contribution in [3.8, 4) is 5.75 Å². The number of thioether (sulfide) groups is 1. The van der Waals surface area contributed by atoms with E-state index in [2.05, 4.69) is 18.1 Å². The fourth-order valence-electron chi connectivity index (χ4n) is 2.80. The Morgan fingerprint density at radius 3 is 2.83 bits per heavy atom. The molecule has 122 valence electrons. The molecule has 1 aromatic heterocycles. The van der Waals surface area contributed by atoms with Crippen LogP contribution in [0.1, 0.15) is 18.3 Å². The maximum absolute atomic E-state index is 12.7. The molecular weight excluding hydrogens is 310 g/mol. The number of fused-ring (bicyclic) bond motifs is 1. The van der Waals surface area contributed by atoms with Gasteiger partial charge in [-0.1, -0.05) is 19.1 Å². The molecule has 23 heavy (non-hydrogen) atoms. The van der Waals surface area contributed by atoms with E-state index in [4.69, 9.17) is 4.74 Å². The van der Waals surface area contributed by atoms with E-state index in [0.717, 1.165) is 22.0 Å². The third kappa shape index (κ3) is 3.08. The molecule has 5 nitrogen and oxygen atoms in total. The summed E-state index contributed by atoms with van der Waals surface area (Å²) in [4.78, 5) is 15.7. The van der Waals surface area contributed by atoms with Gasteiger partial charge in [0.15, 0.2) is 12.4 Å². The van der Waals surface area contributed by atoms with Gasteiger partial charge in [0.25, 0.3) is 5.91 Å². The molecule has 0 bridgehead atoms. The smallest absolute Gasteiger partial charge is 0.264 e. The number of hydrogen-bond acceptors (Lipinski definition) is 4. The average Bonchev–Trinajstić information content (AvgIpc) is 2.77. The zero-order valence-electron chi connectivity index (χ0n) is 13.9. The van der Waals surface area contributed by atoms with Crippen molar-refractivity contribution in [3.63, 3.8) is 0 Å². The van der Waals surface area contributed by atoms with Crippen molar-refractivity contribution >= 4 is 23.4 Å². The highest BCUT2D eigenvalue weighted by Crippen LogP contribution is 2.38. The zero-order valence-corrected chi connectivity index (χ0v) is 14.7. The van der Waals surface area contributed by atoms with Crippen LogP contribution in [0.2, 0.25) is 0 Å². The minimum Gasteiger partial charge on any atom is -0.480 e. The lowest BCUT2D eigenvalue weighted by Crippen LogP contribution is -2.41. The Balaban J connectivity index is 1.76. The second-order valence-electron chi connectivity index (χ2n) is 5.81. The van der Waals surface area contributed by atoms with E-state index in [0.29, 0.717) is 17.5 Å². The summed E-state index contributed by atoms with van der Waals surface area (Å²) in [5.41, 5.74) is 2.71. The number of carbonyl (C=O) groups excluding carboxylic acids is 1. The lowest BCUT2D eigenvalue weighted by molar-refractivity contribution is -0.120. The molecule has 0 aliphatic carbocycles. The van der Waals surface area contributed by atoms with Gasteiger partial charge in [0.2, 0.25) is 0 Å². The third-order valence-corrected chi connectivity index (χ3v) is 5.16. The number of aryl methyl sites for hydroxylation is 2. The van der Waals surface area contributed by atoms with Crippen LogP contribution < -0.4 is 9.64 Å². The maximum Gasteiger partial charge on any atom is 0.264 e. The van der Waals surface area contributed by atoms with Crippen LogP contribution in [0.4, 0.5) is 5.69 Å². The molecule has 1 aliphatic rings. The fourth-order valence-corrected chi connectivity index (χ4v) is 3.91. The Morgan fingerprint density at radius 2 is 2.13 bits per heavy atom. The first kappa shape index (κ1) is 15.9. The molecule has 1 aliphatic heterocycles. The molecule has 6 heteroatoms. The van der Waals surface area contributed by atoms with Crippen molar-refractivity contribution < 1.29 is 9.53 Å². The number of carbonyl (C=O) groups is 1. The number of para-hydroxylation sites is 1. The monoisotopic (exact) mass is 331 g/mol. The summed E-state index contributed by atoms with van der Waals surface area (Å²) in [6.45, 7) is 6.70. The van der Waals surface area contributed by atoms with Crippen molar-refractivity contribution in [1.29, 1.82) is 0 Å². The number of amides is 1. The number of anilines is 1.